The van der Waals surface area contributed by atoms with E-state index in [2.05, 4.69) is 0 Å². The minimum atomic E-state index is -5.52. The molecule has 1 saturated heterocycles. The Bertz CT molecular complexity index is 413. The second-order valence-corrected chi connectivity index (χ2v) is 5.73. The van der Waals surface area contributed by atoms with Crippen molar-refractivity contribution in [1.29, 1.82) is 0 Å². The van der Waals surface area contributed by atoms with E-state index in [1.807, 2.05) is 0 Å². The van der Waals surface area contributed by atoms with Crippen LogP contribution in [0.15, 0.2) is 0 Å². The number of carboxylic acid groups (broad SMARTS) is 1. The Hall–Kier alpha value is -0.870. The minimum Gasteiger partial charge on any atom is -0.481 e. The Labute approximate surface area is 101 Å². The summed E-state index contributed by atoms with van der Waals surface area (Å²) in [6.45, 7) is -0.659. The van der Waals surface area contributed by atoms with E-state index in [1.54, 1.807) is 0 Å². The van der Waals surface area contributed by atoms with Crippen molar-refractivity contribution < 1.29 is 36.2 Å². The van der Waals surface area contributed by atoms with Crippen LogP contribution in [0.4, 0.5) is 13.2 Å². The predicted octanol–water partition coefficient (Wildman–Crippen LogP) is 0.307. The Morgan fingerprint density at radius 3 is 2.22 bits per heavy atom. The molecule has 0 spiro atoms. The summed E-state index contributed by atoms with van der Waals surface area (Å²) in [5, 5.41) is 9.02. The van der Waals surface area contributed by atoms with Gasteiger partial charge in [-0.3, -0.25) is 4.79 Å². The number of carboxylic acids is 1. The molecule has 1 fully saturated rings. The molecule has 10 heteroatoms. The van der Waals surface area contributed by atoms with Crippen molar-refractivity contribution >= 4 is 16.0 Å². The first-order chi connectivity index (χ1) is 8.11. The summed E-state index contributed by atoms with van der Waals surface area (Å²) in [6, 6.07) is 0. The lowest BCUT2D eigenvalue weighted by molar-refractivity contribution is -0.154. The standard InChI is InChI=1S/C8H12F3NO5S/c9-8(10,11)18(15,16)12-5-7(6(13)14)1-3-17-4-2-7/h12H,1-5H2,(H,13,14). The molecule has 0 amide bonds. The molecular weight excluding hydrogens is 279 g/mol. The van der Waals surface area contributed by atoms with Gasteiger partial charge in [0, 0.05) is 19.8 Å². The molecule has 0 aromatic rings. The maximum absolute atomic E-state index is 12.1. The molecule has 6 nitrogen and oxygen atoms in total. The summed E-state index contributed by atoms with van der Waals surface area (Å²) in [5.74, 6) is -1.34. The molecule has 2 N–H and O–H groups in total. The van der Waals surface area contributed by atoms with Gasteiger partial charge in [0.25, 0.3) is 0 Å². The fourth-order valence-electron chi connectivity index (χ4n) is 1.54. The van der Waals surface area contributed by atoms with Crippen molar-refractivity contribution in [1.82, 2.24) is 4.72 Å². The van der Waals surface area contributed by atoms with Gasteiger partial charge in [-0.05, 0) is 12.8 Å². The zero-order chi connectivity index (χ0) is 14.0. The van der Waals surface area contributed by atoms with E-state index < -0.39 is 33.5 Å². The quantitative estimate of drug-likeness (QED) is 0.777. The van der Waals surface area contributed by atoms with E-state index in [0.29, 0.717) is 0 Å². The fraction of sp³-hybridized carbons (Fsp3) is 0.875. The van der Waals surface area contributed by atoms with Crippen LogP contribution in [0.3, 0.4) is 0 Å². The Morgan fingerprint density at radius 1 is 1.33 bits per heavy atom. The van der Waals surface area contributed by atoms with Crippen LogP contribution in [0.1, 0.15) is 12.8 Å². The van der Waals surface area contributed by atoms with Gasteiger partial charge in [0.15, 0.2) is 0 Å². The highest BCUT2D eigenvalue weighted by Gasteiger charge is 2.48. The third-order valence-corrected chi connectivity index (χ3v) is 3.94. The van der Waals surface area contributed by atoms with Crippen molar-refractivity contribution in [2.45, 2.75) is 18.3 Å². The molecule has 1 aliphatic rings. The van der Waals surface area contributed by atoms with Crippen LogP contribution in [-0.4, -0.2) is 44.8 Å². The van der Waals surface area contributed by atoms with Crippen molar-refractivity contribution in [3.8, 4) is 0 Å². The molecule has 1 heterocycles. The molecule has 1 aliphatic heterocycles. The van der Waals surface area contributed by atoms with Crippen molar-refractivity contribution in [3.05, 3.63) is 0 Å². The number of aliphatic carboxylic acids is 1. The lowest BCUT2D eigenvalue weighted by Crippen LogP contribution is -2.49. The van der Waals surface area contributed by atoms with Gasteiger partial charge >= 0.3 is 21.5 Å². The van der Waals surface area contributed by atoms with Gasteiger partial charge in [-0.15, -0.1) is 0 Å². The number of alkyl halides is 3. The summed E-state index contributed by atoms with van der Waals surface area (Å²) >= 11 is 0. The summed E-state index contributed by atoms with van der Waals surface area (Å²) in [5.41, 5.74) is -6.99. The van der Waals surface area contributed by atoms with E-state index in [4.69, 9.17) is 9.84 Å². The summed E-state index contributed by atoms with van der Waals surface area (Å²) in [6.07, 6.45) is -0.0780. The van der Waals surface area contributed by atoms with Crippen LogP contribution in [0.25, 0.3) is 0 Å². The number of halogens is 3. The number of hydrogen-bond donors (Lipinski definition) is 2. The van der Waals surface area contributed by atoms with Crippen LogP contribution in [0, 0.1) is 5.41 Å². The number of sulfonamides is 1. The number of ether oxygens (including phenoxy) is 1. The molecule has 18 heavy (non-hydrogen) atoms. The monoisotopic (exact) mass is 291 g/mol. The van der Waals surface area contributed by atoms with Crippen LogP contribution in [0.2, 0.25) is 0 Å². The zero-order valence-electron chi connectivity index (χ0n) is 9.16. The first-order valence-electron chi connectivity index (χ1n) is 4.98. The molecule has 106 valence electrons. The highest BCUT2D eigenvalue weighted by Crippen LogP contribution is 2.31. The molecule has 0 unspecified atom stereocenters. The normalized spacial score (nSPS) is 20.6. The first kappa shape index (κ1) is 15.2. The molecule has 1 rings (SSSR count). The Kier molecular flexibility index (Phi) is 4.23. The van der Waals surface area contributed by atoms with Crippen LogP contribution < -0.4 is 4.72 Å². The highest BCUT2D eigenvalue weighted by atomic mass is 32.2. The van der Waals surface area contributed by atoms with Crippen LogP contribution >= 0.6 is 0 Å². The van der Waals surface area contributed by atoms with E-state index >= 15 is 0 Å². The zero-order valence-corrected chi connectivity index (χ0v) is 9.97. The van der Waals surface area contributed by atoms with E-state index in [-0.39, 0.29) is 26.1 Å². The lowest BCUT2D eigenvalue weighted by atomic mass is 9.80. The molecule has 0 aromatic carbocycles. The van der Waals surface area contributed by atoms with E-state index in [1.165, 1.54) is 4.72 Å². The molecule has 0 bridgehead atoms. The van der Waals surface area contributed by atoms with E-state index in [9.17, 15) is 26.4 Å². The second-order valence-electron chi connectivity index (χ2n) is 3.97. The number of hydrogen-bond acceptors (Lipinski definition) is 4. The third-order valence-electron chi connectivity index (χ3n) is 2.81. The second kappa shape index (κ2) is 5.02. The van der Waals surface area contributed by atoms with Gasteiger partial charge in [-0.2, -0.15) is 13.2 Å². The van der Waals surface area contributed by atoms with Gasteiger partial charge in [-0.25, -0.2) is 13.1 Å². The average Bonchev–Trinajstić information content (AvgIpc) is 2.26. The third kappa shape index (κ3) is 3.12. The number of nitrogens with one attached hydrogen (secondary N) is 1. The summed E-state index contributed by atoms with van der Waals surface area (Å²) in [7, 11) is -5.52. The number of carbonyl (C=O) groups is 1. The fourth-order valence-corrected chi connectivity index (χ4v) is 2.17. The lowest BCUT2D eigenvalue weighted by Gasteiger charge is -2.33. The number of rotatable bonds is 4. The highest BCUT2D eigenvalue weighted by molar-refractivity contribution is 7.90. The van der Waals surface area contributed by atoms with Crippen molar-refractivity contribution in [2.75, 3.05) is 19.8 Å². The smallest absolute Gasteiger partial charge is 0.481 e. The molecule has 0 atom stereocenters. The van der Waals surface area contributed by atoms with Gasteiger partial charge < -0.3 is 9.84 Å². The Morgan fingerprint density at radius 2 is 1.83 bits per heavy atom. The van der Waals surface area contributed by atoms with Gasteiger partial charge in [0.2, 0.25) is 0 Å². The average molecular weight is 291 g/mol. The molecule has 0 aromatic heterocycles. The Balaban J connectivity index is 2.79. The van der Waals surface area contributed by atoms with Crippen molar-refractivity contribution in [3.63, 3.8) is 0 Å². The molecule has 0 saturated carbocycles. The predicted molar refractivity (Wildman–Crippen MR) is 53.1 cm³/mol. The molecule has 0 aliphatic carbocycles. The SMILES string of the molecule is O=C(O)C1(CNS(=O)(=O)C(F)(F)F)CCOCC1. The van der Waals surface area contributed by atoms with Gasteiger partial charge in [-0.1, -0.05) is 0 Å². The topological polar surface area (TPSA) is 92.7 Å². The molecule has 0 radical (unpaired) electrons. The van der Waals surface area contributed by atoms with Crippen molar-refractivity contribution in [2.24, 2.45) is 5.41 Å². The van der Waals surface area contributed by atoms with Gasteiger partial charge in [0.1, 0.15) is 0 Å². The maximum Gasteiger partial charge on any atom is 0.511 e. The summed E-state index contributed by atoms with van der Waals surface area (Å²) in [4.78, 5) is 11.1. The van der Waals surface area contributed by atoms with Gasteiger partial charge in [0.05, 0.1) is 5.41 Å². The van der Waals surface area contributed by atoms with E-state index in [0.717, 1.165) is 0 Å². The van der Waals surface area contributed by atoms with Crippen LogP contribution in [0.5, 0.6) is 0 Å². The molecular formula is C8H12F3NO5S. The largest absolute Gasteiger partial charge is 0.511 e. The minimum absolute atomic E-state index is 0.0390. The van der Waals surface area contributed by atoms with Crippen LogP contribution in [-0.2, 0) is 19.6 Å². The summed E-state index contributed by atoms with van der Waals surface area (Å²) < 4.78 is 64.1. The first-order valence-corrected chi connectivity index (χ1v) is 6.46. The maximum atomic E-state index is 12.1.